The van der Waals surface area contributed by atoms with Gasteiger partial charge in [0.25, 0.3) is 0 Å². The SMILES string of the molecule is Brc1ccc(N2CC3CC2CN3c2nccn3cnnc23)nc1. The third kappa shape index (κ3) is 2.01. The van der Waals surface area contributed by atoms with Crippen LogP contribution in [0.25, 0.3) is 5.65 Å². The van der Waals surface area contributed by atoms with Gasteiger partial charge in [0.05, 0.1) is 12.1 Å². The van der Waals surface area contributed by atoms with Crippen molar-refractivity contribution < 1.29 is 0 Å². The van der Waals surface area contributed by atoms with Crippen molar-refractivity contribution >= 4 is 33.2 Å². The van der Waals surface area contributed by atoms with Gasteiger partial charge in [-0.05, 0) is 34.5 Å². The molecule has 0 radical (unpaired) electrons. The number of hydrogen-bond acceptors (Lipinski definition) is 6. The van der Waals surface area contributed by atoms with Gasteiger partial charge in [0.15, 0.2) is 5.82 Å². The highest BCUT2D eigenvalue weighted by molar-refractivity contribution is 9.10. The van der Waals surface area contributed by atoms with Crippen molar-refractivity contribution in [2.75, 3.05) is 22.9 Å². The third-order valence-electron chi connectivity index (χ3n) is 4.72. The lowest BCUT2D eigenvalue weighted by Gasteiger charge is -2.35. The van der Waals surface area contributed by atoms with Gasteiger partial charge in [0.1, 0.15) is 12.1 Å². The lowest BCUT2D eigenvalue weighted by molar-refractivity contribution is 0.635. The summed E-state index contributed by atoms with van der Waals surface area (Å²) in [5.74, 6) is 1.98. The van der Waals surface area contributed by atoms with Crippen LogP contribution in [0.4, 0.5) is 11.6 Å². The molecule has 23 heavy (non-hydrogen) atoms. The quantitative estimate of drug-likeness (QED) is 0.683. The second kappa shape index (κ2) is 4.89. The maximum absolute atomic E-state index is 4.55. The molecule has 116 valence electrons. The number of halogens is 1. The van der Waals surface area contributed by atoms with E-state index in [9.17, 15) is 0 Å². The fraction of sp³-hybridized carbons (Fsp3) is 0.333. The Morgan fingerprint density at radius 1 is 1.09 bits per heavy atom. The normalized spacial score (nSPS) is 23.2. The topological polar surface area (TPSA) is 62.5 Å². The Balaban J connectivity index is 1.44. The highest BCUT2D eigenvalue weighted by atomic mass is 79.9. The van der Waals surface area contributed by atoms with Gasteiger partial charge < -0.3 is 9.80 Å². The van der Waals surface area contributed by atoms with Gasteiger partial charge in [-0.1, -0.05) is 0 Å². The Bertz CT molecular complexity index is 862. The zero-order chi connectivity index (χ0) is 15.4. The molecule has 5 heterocycles. The molecule has 3 aromatic heterocycles. The van der Waals surface area contributed by atoms with Crippen molar-refractivity contribution in [2.24, 2.45) is 0 Å². The molecular weight excluding hydrogens is 358 g/mol. The lowest BCUT2D eigenvalue weighted by Crippen LogP contribution is -2.47. The first-order valence-corrected chi connectivity index (χ1v) is 8.38. The summed E-state index contributed by atoms with van der Waals surface area (Å²) >= 11 is 3.44. The van der Waals surface area contributed by atoms with Crippen molar-refractivity contribution in [3.63, 3.8) is 0 Å². The van der Waals surface area contributed by atoms with E-state index in [1.807, 2.05) is 29.1 Å². The predicted molar refractivity (Wildman–Crippen MR) is 89.6 cm³/mol. The molecule has 2 saturated heterocycles. The third-order valence-corrected chi connectivity index (χ3v) is 5.18. The van der Waals surface area contributed by atoms with E-state index >= 15 is 0 Å². The monoisotopic (exact) mass is 371 g/mol. The number of piperazine rings is 1. The van der Waals surface area contributed by atoms with Crippen LogP contribution in [0.2, 0.25) is 0 Å². The Morgan fingerprint density at radius 2 is 1.96 bits per heavy atom. The summed E-state index contributed by atoms with van der Waals surface area (Å²) in [7, 11) is 0. The minimum absolute atomic E-state index is 0.445. The van der Waals surface area contributed by atoms with Gasteiger partial charge in [-0.3, -0.25) is 4.40 Å². The van der Waals surface area contributed by atoms with Crippen LogP contribution in [0.5, 0.6) is 0 Å². The van der Waals surface area contributed by atoms with Crippen LogP contribution in [0.15, 0.2) is 41.5 Å². The average molecular weight is 372 g/mol. The summed E-state index contributed by atoms with van der Waals surface area (Å²) in [6.45, 7) is 1.91. The predicted octanol–water partition coefficient (Wildman–Crippen LogP) is 1.75. The molecule has 0 N–H and O–H groups in total. The van der Waals surface area contributed by atoms with Gasteiger partial charge in [0.2, 0.25) is 5.65 Å². The maximum Gasteiger partial charge on any atom is 0.203 e. The fourth-order valence-corrected chi connectivity index (χ4v) is 3.93. The van der Waals surface area contributed by atoms with E-state index in [4.69, 9.17) is 0 Å². The molecule has 2 atom stereocenters. The number of pyridine rings is 1. The molecule has 7 nitrogen and oxygen atoms in total. The molecule has 2 fully saturated rings. The van der Waals surface area contributed by atoms with Gasteiger partial charge >= 0.3 is 0 Å². The van der Waals surface area contributed by atoms with Crippen LogP contribution in [0.3, 0.4) is 0 Å². The number of aromatic nitrogens is 5. The molecule has 0 saturated carbocycles. The maximum atomic E-state index is 4.55. The van der Waals surface area contributed by atoms with Crippen molar-refractivity contribution in [3.8, 4) is 0 Å². The van der Waals surface area contributed by atoms with Crippen molar-refractivity contribution in [1.82, 2.24) is 24.6 Å². The van der Waals surface area contributed by atoms with Gasteiger partial charge in [0, 0.05) is 36.2 Å². The van der Waals surface area contributed by atoms with Crippen LogP contribution in [-0.4, -0.2) is 49.7 Å². The van der Waals surface area contributed by atoms with Gasteiger partial charge in [-0.25, -0.2) is 9.97 Å². The molecule has 0 aromatic carbocycles. The molecule has 8 heteroatoms. The van der Waals surface area contributed by atoms with E-state index in [-0.39, 0.29) is 0 Å². The molecule has 3 aromatic rings. The number of anilines is 2. The van der Waals surface area contributed by atoms with Gasteiger partial charge in [-0.2, -0.15) is 0 Å². The molecule has 2 aliphatic rings. The minimum atomic E-state index is 0.445. The molecule has 0 amide bonds. The fourth-order valence-electron chi connectivity index (χ4n) is 3.69. The standard InChI is InChI=1S/C15H14BrN7/c16-10-1-2-13(18-6-10)22-7-12-5-11(22)8-23(12)14-15-20-19-9-21(15)4-3-17-14/h1-4,6,9,11-12H,5,7-8H2. The van der Waals surface area contributed by atoms with E-state index in [2.05, 4.69) is 52.0 Å². The first-order valence-electron chi connectivity index (χ1n) is 7.59. The number of hydrogen-bond donors (Lipinski definition) is 0. The van der Waals surface area contributed by atoms with E-state index in [1.54, 1.807) is 6.33 Å². The molecule has 2 bridgehead atoms. The second-order valence-electron chi connectivity index (χ2n) is 6.00. The first-order chi connectivity index (χ1) is 11.3. The van der Waals surface area contributed by atoms with Crippen LogP contribution in [-0.2, 0) is 0 Å². The zero-order valence-electron chi connectivity index (χ0n) is 12.2. The highest BCUT2D eigenvalue weighted by Crippen LogP contribution is 2.37. The number of rotatable bonds is 2. The first kappa shape index (κ1) is 13.2. The highest BCUT2D eigenvalue weighted by Gasteiger charge is 2.44. The Kier molecular flexibility index (Phi) is 2.81. The van der Waals surface area contributed by atoms with Crippen LogP contribution in [0, 0.1) is 0 Å². The van der Waals surface area contributed by atoms with E-state index in [0.29, 0.717) is 12.1 Å². The minimum Gasteiger partial charge on any atom is -0.350 e. The zero-order valence-corrected chi connectivity index (χ0v) is 13.8. The largest absolute Gasteiger partial charge is 0.350 e. The molecule has 0 spiro atoms. The molecule has 2 aliphatic heterocycles. The summed E-state index contributed by atoms with van der Waals surface area (Å²) in [6.07, 6.45) is 8.40. The van der Waals surface area contributed by atoms with Crippen molar-refractivity contribution in [1.29, 1.82) is 0 Å². The summed E-state index contributed by atoms with van der Waals surface area (Å²) in [5.41, 5.74) is 0.827. The molecule has 5 rings (SSSR count). The Hall–Kier alpha value is -2.22. The van der Waals surface area contributed by atoms with Crippen molar-refractivity contribution in [3.05, 3.63) is 41.5 Å². The summed E-state index contributed by atoms with van der Waals surface area (Å²) in [5, 5.41) is 8.20. The lowest BCUT2D eigenvalue weighted by atomic mass is 10.2. The molecular formula is C15H14BrN7. The molecule has 2 unspecified atom stereocenters. The van der Waals surface area contributed by atoms with Crippen molar-refractivity contribution in [2.45, 2.75) is 18.5 Å². The van der Waals surface area contributed by atoms with Gasteiger partial charge in [-0.15, -0.1) is 10.2 Å². The van der Waals surface area contributed by atoms with E-state index in [1.165, 1.54) is 0 Å². The average Bonchev–Trinajstić information content (AvgIpc) is 3.29. The van der Waals surface area contributed by atoms with Crippen LogP contribution >= 0.6 is 15.9 Å². The van der Waals surface area contributed by atoms with Crippen LogP contribution in [0.1, 0.15) is 6.42 Å². The van der Waals surface area contributed by atoms with E-state index < -0.39 is 0 Å². The summed E-state index contributed by atoms with van der Waals surface area (Å²) in [4.78, 5) is 13.9. The Morgan fingerprint density at radius 3 is 2.74 bits per heavy atom. The van der Waals surface area contributed by atoms with E-state index in [0.717, 1.165) is 41.3 Å². The smallest absolute Gasteiger partial charge is 0.203 e. The molecule has 0 aliphatic carbocycles. The number of fused-ring (bicyclic) bond motifs is 3. The van der Waals surface area contributed by atoms with Crippen LogP contribution < -0.4 is 9.80 Å². The summed E-state index contributed by atoms with van der Waals surface area (Å²) < 4.78 is 2.93. The Labute approximate surface area is 141 Å². The number of nitrogens with zero attached hydrogens (tertiary/aromatic N) is 7. The summed E-state index contributed by atoms with van der Waals surface area (Å²) in [6, 6.07) is 5.04. The second-order valence-corrected chi connectivity index (χ2v) is 6.91.